The van der Waals surface area contributed by atoms with Gasteiger partial charge in [-0.15, -0.1) is 0 Å². The first kappa shape index (κ1) is 8.08. The average Bonchev–Trinajstić information content (AvgIpc) is 1.87. The van der Waals surface area contributed by atoms with Crippen LogP contribution in [0.5, 0.6) is 0 Å². The van der Waals surface area contributed by atoms with Gasteiger partial charge in [0.15, 0.2) is 0 Å². The molecule has 0 atom stereocenters. The lowest BCUT2D eigenvalue weighted by Crippen LogP contribution is -1.89. The number of allylic oxidation sites excluding steroid dienone is 3. The Kier molecular flexibility index (Phi) is 3.60. The van der Waals surface area contributed by atoms with Gasteiger partial charge in [-0.1, -0.05) is 0 Å². The Hall–Kier alpha value is -0.920. The van der Waals surface area contributed by atoms with E-state index in [0.29, 0.717) is 0 Å². The summed E-state index contributed by atoms with van der Waals surface area (Å²) in [4.78, 5) is 0. The van der Waals surface area contributed by atoms with Crippen LogP contribution in [0.25, 0.3) is 0 Å². The molecule has 0 unspecified atom stereocenters. The molecular formula is C7H13NO. The summed E-state index contributed by atoms with van der Waals surface area (Å²) in [5.74, 6) is 1.60. The van der Waals surface area contributed by atoms with E-state index in [2.05, 4.69) is 0 Å². The van der Waals surface area contributed by atoms with E-state index < -0.39 is 0 Å². The number of hydrogen-bond acceptors (Lipinski definition) is 2. The third kappa shape index (κ3) is 3.64. The van der Waals surface area contributed by atoms with E-state index in [9.17, 15) is 0 Å². The maximum absolute atomic E-state index is 5.16. The van der Waals surface area contributed by atoms with E-state index in [1.165, 1.54) is 6.20 Å². The molecule has 0 saturated heterocycles. The fourth-order valence-corrected chi connectivity index (χ4v) is 0.347. The van der Waals surface area contributed by atoms with Crippen molar-refractivity contribution in [1.82, 2.24) is 0 Å². The molecular weight excluding hydrogens is 114 g/mol. The lowest BCUT2D eigenvalue weighted by atomic mass is 10.5. The van der Waals surface area contributed by atoms with E-state index in [1.807, 2.05) is 26.8 Å². The van der Waals surface area contributed by atoms with Crippen molar-refractivity contribution in [2.24, 2.45) is 5.73 Å². The zero-order chi connectivity index (χ0) is 7.28. The van der Waals surface area contributed by atoms with Gasteiger partial charge in [0.2, 0.25) is 0 Å². The Morgan fingerprint density at radius 3 is 2.22 bits per heavy atom. The highest BCUT2D eigenvalue weighted by molar-refractivity contribution is 4.94. The summed E-state index contributed by atoms with van der Waals surface area (Å²) in [5.41, 5.74) is 5.16. The van der Waals surface area contributed by atoms with Crippen molar-refractivity contribution in [2.45, 2.75) is 20.8 Å². The molecule has 0 radical (unpaired) electrons. The highest BCUT2D eigenvalue weighted by Crippen LogP contribution is 2.01. The van der Waals surface area contributed by atoms with E-state index in [1.54, 1.807) is 0 Å². The molecule has 0 bridgehead atoms. The largest absolute Gasteiger partial charge is 0.466 e. The van der Waals surface area contributed by atoms with Crippen LogP contribution in [0.3, 0.4) is 0 Å². The molecule has 0 fully saturated rings. The fraction of sp³-hybridized carbons (Fsp3) is 0.429. The first-order valence-corrected chi connectivity index (χ1v) is 2.90. The minimum atomic E-state index is 0.727. The Morgan fingerprint density at radius 2 is 1.89 bits per heavy atom. The predicted octanol–water partition coefficient (Wildman–Crippen LogP) is 1.75. The minimum Gasteiger partial charge on any atom is -0.466 e. The molecule has 52 valence electrons. The molecule has 0 heterocycles. The molecule has 0 aliphatic rings. The van der Waals surface area contributed by atoms with Crippen LogP contribution in [0.4, 0.5) is 0 Å². The second kappa shape index (κ2) is 4.01. The van der Waals surface area contributed by atoms with Crippen molar-refractivity contribution >= 4 is 0 Å². The van der Waals surface area contributed by atoms with Crippen molar-refractivity contribution in [3.63, 3.8) is 0 Å². The lowest BCUT2D eigenvalue weighted by molar-refractivity contribution is 0.307. The van der Waals surface area contributed by atoms with E-state index in [4.69, 9.17) is 10.5 Å². The first-order chi connectivity index (χ1) is 4.20. The monoisotopic (exact) mass is 127 g/mol. The van der Waals surface area contributed by atoms with Gasteiger partial charge >= 0.3 is 0 Å². The van der Waals surface area contributed by atoms with Gasteiger partial charge in [0.1, 0.15) is 5.76 Å². The summed E-state index contributed by atoms with van der Waals surface area (Å²) in [6.07, 6.45) is 3.32. The summed E-state index contributed by atoms with van der Waals surface area (Å²) in [5, 5.41) is 0. The van der Waals surface area contributed by atoms with Crippen LogP contribution in [0.2, 0.25) is 0 Å². The quantitative estimate of drug-likeness (QED) is 0.573. The number of rotatable bonds is 2. The second-order valence-corrected chi connectivity index (χ2v) is 1.78. The maximum atomic E-state index is 5.16. The van der Waals surface area contributed by atoms with Crippen LogP contribution in [-0.2, 0) is 4.74 Å². The summed E-state index contributed by atoms with van der Waals surface area (Å²) in [6, 6.07) is 0. The topological polar surface area (TPSA) is 35.2 Å². The fourth-order valence-electron chi connectivity index (χ4n) is 0.347. The standard InChI is InChI=1S/C7H13NO/c1-4-6(2)9-7(3)5-8/h4-5H,8H2,1-3H3/b6-4-,7-5-. The maximum Gasteiger partial charge on any atom is 0.116 e. The van der Waals surface area contributed by atoms with E-state index in [-0.39, 0.29) is 0 Å². The van der Waals surface area contributed by atoms with Crippen molar-refractivity contribution < 1.29 is 4.74 Å². The van der Waals surface area contributed by atoms with Crippen molar-refractivity contribution in [3.05, 3.63) is 23.8 Å². The van der Waals surface area contributed by atoms with Crippen molar-refractivity contribution in [3.8, 4) is 0 Å². The van der Waals surface area contributed by atoms with Crippen LogP contribution < -0.4 is 5.73 Å². The van der Waals surface area contributed by atoms with Crippen molar-refractivity contribution in [1.29, 1.82) is 0 Å². The highest BCUT2D eigenvalue weighted by Gasteiger charge is 1.87. The van der Waals surface area contributed by atoms with Gasteiger partial charge in [0.05, 0.1) is 5.76 Å². The molecule has 0 saturated carbocycles. The van der Waals surface area contributed by atoms with Crippen LogP contribution in [0.15, 0.2) is 23.8 Å². The molecule has 2 nitrogen and oxygen atoms in total. The lowest BCUT2D eigenvalue weighted by Gasteiger charge is -2.02. The smallest absolute Gasteiger partial charge is 0.116 e. The Morgan fingerprint density at radius 1 is 1.33 bits per heavy atom. The van der Waals surface area contributed by atoms with Crippen molar-refractivity contribution in [2.75, 3.05) is 0 Å². The summed E-state index contributed by atoms with van der Waals surface area (Å²) in [6.45, 7) is 5.61. The molecule has 0 aliphatic carbocycles. The van der Waals surface area contributed by atoms with Gasteiger partial charge in [-0.2, -0.15) is 0 Å². The average molecular weight is 127 g/mol. The highest BCUT2D eigenvalue weighted by atomic mass is 16.5. The molecule has 0 aliphatic heterocycles. The van der Waals surface area contributed by atoms with Gasteiger partial charge in [0, 0.05) is 6.20 Å². The molecule has 2 heteroatoms. The third-order valence-electron chi connectivity index (χ3n) is 0.963. The second-order valence-electron chi connectivity index (χ2n) is 1.78. The van der Waals surface area contributed by atoms with Crippen LogP contribution in [0, 0.1) is 0 Å². The van der Waals surface area contributed by atoms with E-state index >= 15 is 0 Å². The summed E-state index contributed by atoms with van der Waals surface area (Å²) >= 11 is 0. The van der Waals surface area contributed by atoms with Gasteiger partial charge in [0.25, 0.3) is 0 Å². The Bertz CT molecular complexity index is 120. The summed E-state index contributed by atoms with van der Waals surface area (Å²) < 4.78 is 5.15. The zero-order valence-electron chi connectivity index (χ0n) is 6.14. The van der Waals surface area contributed by atoms with Gasteiger partial charge in [-0.05, 0) is 26.8 Å². The molecule has 0 rings (SSSR count). The molecule has 2 N–H and O–H groups in total. The summed E-state index contributed by atoms with van der Waals surface area (Å²) in [7, 11) is 0. The van der Waals surface area contributed by atoms with Gasteiger partial charge < -0.3 is 10.5 Å². The zero-order valence-corrected chi connectivity index (χ0v) is 6.14. The number of hydrogen-bond donors (Lipinski definition) is 1. The Labute approximate surface area is 56.0 Å². The minimum absolute atomic E-state index is 0.727. The van der Waals surface area contributed by atoms with E-state index in [0.717, 1.165) is 11.5 Å². The molecule has 0 spiro atoms. The van der Waals surface area contributed by atoms with Gasteiger partial charge in [-0.3, -0.25) is 0 Å². The first-order valence-electron chi connectivity index (χ1n) is 2.90. The molecule has 9 heavy (non-hydrogen) atoms. The van der Waals surface area contributed by atoms with Crippen LogP contribution in [-0.4, -0.2) is 0 Å². The molecule has 0 aromatic rings. The molecule has 0 amide bonds. The SMILES string of the molecule is C/C=C(/C)O/C(C)=C\N. The predicted molar refractivity (Wildman–Crippen MR) is 38.5 cm³/mol. The molecule has 0 aromatic carbocycles. The molecule has 0 aromatic heterocycles. The normalized spacial score (nSPS) is 13.7. The third-order valence-corrected chi connectivity index (χ3v) is 0.963. The van der Waals surface area contributed by atoms with Crippen LogP contribution >= 0.6 is 0 Å². The number of ether oxygens (including phenoxy) is 1. The Balaban J connectivity index is 3.75. The van der Waals surface area contributed by atoms with Crippen LogP contribution in [0.1, 0.15) is 20.8 Å². The van der Waals surface area contributed by atoms with Gasteiger partial charge in [-0.25, -0.2) is 0 Å². The number of nitrogens with two attached hydrogens (primary N) is 1.